The molecular formula is C22H27ClN2O3S. The summed E-state index contributed by atoms with van der Waals surface area (Å²) in [6, 6.07) is 11.7. The Balaban J connectivity index is 1.98. The van der Waals surface area contributed by atoms with E-state index >= 15 is 0 Å². The number of likely N-dealkylation sites (tertiary alicyclic amines) is 1. The Morgan fingerprint density at radius 1 is 1.17 bits per heavy atom. The van der Waals surface area contributed by atoms with Crippen LogP contribution in [0.2, 0.25) is 5.02 Å². The van der Waals surface area contributed by atoms with E-state index in [9.17, 15) is 13.2 Å². The number of benzene rings is 2. The topological polar surface area (TPSA) is 57.7 Å². The Morgan fingerprint density at radius 3 is 2.48 bits per heavy atom. The molecule has 156 valence electrons. The molecule has 0 aliphatic carbocycles. The average Bonchev–Trinajstić information content (AvgIpc) is 2.68. The summed E-state index contributed by atoms with van der Waals surface area (Å²) < 4.78 is 28.0. The average molecular weight is 435 g/mol. The molecule has 0 unspecified atom stereocenters. The van der Waals surface area contributed by atoms with Crippen molar-refractivity contribution in [3.63, 3.8) is 0 Å². The van der Waals surface area contributed by atoms with Crippen LogP contribution in [-0.2, 0) is 14.8 Å². The molecule has 1 heterocycles. The lowest BCUT2D eigenvalue weighted by atomic mass is 10.0. The van der Waals surface area contributed by atoms with Crippen molar-refractivity contribution in [1.82, 2.24) is 4.90 Å². The first-order valence-electron chi connectivity index (χ1n) is 9.82. The van der Waals surface area contributed by atoms with E-state index in [1.165, 1.54) is 4.31 Å². The van der Waals surface area contributed by atoms with Crippen LogP contribution in [0, 0.1) is 19.8 Å². The molecule has 3 rings (SSSR count). The van der Waals surface area contributed by atoms with Crippen molar-refractivity contribution in [3.05, 3.63) is 58.6 Å². The zero-order valence-electron chi connectivity index (χ0n) is 17.1. The van der Waals surface area contributed by atoms with Crippen LogP contribution in [0.1, 0.15) is 30.9 Å². The first kappa shape index (κ1) is 21.7. The standard InChI is InChI=1S/C22H27ClN2O3S/c1-16-6-10-20(11-7-16)29(27,28)25(19-9-8-18(3)21(23)13-19)15-22(26)24-12-4-5-17(2)14-24/h6-11,13,17H,4-5,12,14-15H2,1-3H3/t17-/m0/s1. The molecule has 1 aliphatic rings. The Kier molecular flexibility index (Phi) is 6.54. The Hall–Kier alpha value is -2.05. The highest BCUT2D eigenvalue weighted by Gasteiger charge is 2.30. The maximum atomic E-state index is 13.4. The zero-order chi connectivity index (χ0) is 21.2. The van der Waals surface area contributed by atoms with Gasteiger partial charge in [0.1, 0.15) is 6.54 Å². The molecule has 0 radical (unpaired) electrons. The van der Waals surface area contributed by atoms with Gasteiger partial charge in [0, 0.05) is 18.1 Å². The summed E-state index contributed by atoms with van der Waals surface area (Å²) in [5.74, 6) is 0.229. The van der Waals surface area contributed by atoms with Gasteiger partial charge >= 0.3 is 0 Å². The molecule has 7 heteroatoms. The number of halogens is 1. The largest absolute Gasteiger partial charge is 0.341 e. The lowest BCUT2D eigenvalue weighted by molar-refractivity contribution is -0.131. The van der Waals surface area contributed by atoms with Crippen molar-refractivity contribution in [2.24, 2.45) is 5.92 Å². The fourth-order valence-electron chi connectivity index (χ4n) is 3.53. The SMILES string of the molecule is Cc1ccc(S(=O)(=O)N(CC(=O)N2CCC[C@H](C)C2)c2ccc(C)c(Cl)c2)cc1. The van der Waals surface area contributed by atoms with Crippen LogP contribution >= 0.6 is 11.6 Å². The number of hydrogen-bond donors (Lipinski definition) is 0. The number of piperidine rings is 1. The molecule has 5 nitrogen and oxygen atoms in total. The maximum Gasteiger partial charge on any atom is 0.264 e. The maximum absolute atomic E-state index is 13.4. The molecule has 0 N–H and O–H groups in total. The molecule has 1 saturated heterocycles. The van der Waals surface area contributed by atoms with E-state index in [4.69, 9.17) is 11.6 Å². The van der Waals surface area contributed by atoms with Gasteiger partial charge in [-0.1, -0.05) is 42.3 Å². The van der Waals surface area contributed by atoms with Crippen LogP contribution in [0.3, 0.4) is 0 Å². The molecule has 0 aromatic heterocycles. The minimum absolute atomic E-state index is 0.152. The normalized spacial score (nSPS) is 17.2. The van der Waals surface area contributed by atoms with Crippen molar-refractivity contribution in [1.29, 1.82) is 0 Å². The van der Waals surface area contributed by atoms with Crippen molar-refractivity contribution in [2.75, 3.05) is 23.9 Å². The third-order valence-electron chi connectivity index (χ3n) is 5.34. The smallest absolute Gasteiger partial charge is 0.264 e. The Labute approximate surface area is 178 Å². The van der Waals surface area contributed by atoms with Crippen molar-refractivity contribution < 1.29 is 13.2 Å². The van der Waals surface area contributed by atoms with E-state index in [0.29, 0.717) is 29.7 Å². The van der Waals surface area contributed by atoms with Crippen molar-refractivity contribution >= 4 is 33.2 Å². The van der Waals surface area contributed by atoms with Crippen LogP contribution in [-0.4, -0.2) is 38.9 Å². The van der Waals surface area contributed by atoms with Gasteiger partial charge in [-0.2, -0.15) is 0 Å². The molecule has 2 aromatic rings. The predicted octanol–water partition coefficient (Wildman–Crippen LogP) is 4.41. The molecule has 29 heavy (non-hydrogen) atoms. The van der Waals surface area contributed by atoms with Gasteiger partial charge in [-0.25, -0.2) is 8.42 Å². The first-order valence-corrected chi connectivity index (χ1v) is 11.6. The van der Waals surface area contributed by atoms with E-state index in [1.807, 2.05) is 13.8 Å². The lowest BCUT2D eigenvalue weighted by Crippen LogP contribution is -2.46. The second-order valence-corrected chi connectivity index (χ2v) is 10.1. The minimum Gasteiger partial charge on any atom is -0.341 e. The number of nitrogens with zero attached hydrogens (tertiary/aromatic N) is 2. The number of aryl methyl sites for hydroxylation is 2. The molecule has 2 aromatic carbocycles. The van der Waals surface area contributed by atoms with Crippen LogP contribution < -0.4 is 4.31 Å². The van der Waals surface area contributed by atoms with E-state index in [0.717, 1.165) is 24.0 Å². The highest BCUT2D eigenvalue weighted by molar-refractivity contribution is 7.92. The number of hydrogen-bond acceptors (Lipinski definition) is 3. The van der Waals surface area contributed by atoms with Crippen molar-refractivity contribution in [2.45, 2.75) is 38.5 Å². The summed E-state index contributed by atoms with van der Waals surface area (Å²) in [6.45, 7) is 6.94. The molecule has 0 saturated carbocycles. The summed E-state index contributed by atoms with van der Waals surface area (Å²) in [5.41, 5.74) is 2.20. The number of carbonyl (C=O) groups excluding carboxylic acids is 1. The van der Waals surface area contributed by atoms with Gasteiger partial charge in [0.25, 0.3) is 10.0 Å². The number of carbonyl (C=O) groups is 1. The zero-order valence-corrected chi connectivity index (χ0v) is 18.6. The predicted molar refractivity (Wildman–Crippen MR) is 117 cm³/mol. The number of rotatable bonds is 5. The van der Waals surface area contributed by atoms with Crippen molar-refractivity contribution in [3.8, 4) is 0 Å². The highest BCUT2D eigenvalue weighted by Crippen LogP contribution is 2.28. The number of anilines is 1. The Bertz CT molecular complexity index is 990. The molecule has 1 aliphatic heterocycles. The molecule has 0 bridgehead atoms. The Morgan fingerprint density at radius 2 is 1.86 bits per heavy atom. The van der Waals surface area contributed by atoms with Gasteiger partial charge in [-0.3, -0.25) is 9.10 Å². The highest BCUT2D eigenvalue weighted by atomic mass is 35.5. The summed E-state index contributed by atoms with van der Waals surface area (Å²) in [5, 5.41) is 0.464. The number of sulfonamides is 1. The molecule has 1 amide bonds. The van der Waals surface area contributed by atoms with Gasteiger partial charge in [-0.05, 0) is 62.4 Å². The summed E-state index contributed by atoms with van der Waals surface area (Å²) in [6.07, 6.45) is 2.02. The van der Waals surface area contributed by atoms with Gasteiger partial charge in [0.15, 0.2) is 0 Å². The summed E-state index contributed by atoms with van der Waals surface area (Å²) in [7, 11) is -3.92. The summed E-state index contributed by atoms with van der Waals surface area (Å²) >= 11 is 6.26. The molecular weight excluding hydrogens is 408 g/mol. The van der Waals surface area contributed by atoms with Gasteiger partial charge in [-0.15, -0.1) is 0 Å². The van der Waals surface area contributed by atoms with E-state index in [2.05, 4.69) is 6.92 Å². The second-order valence-electron chi connectivity index (χ2n) is 7.85. The fraction of sp³-hybridized carbons (Fsp3) is 0.409. The molecule has 1 fully saturated rings. The molecule has 1 atom stereocenters. The van der Waals surface area contributed by atoms with Crippen LogP contribution in [0.15, 0.2) is 47.4 Å². The fourth-order valence-corrected chi connectivity index (χ4v) is 5.11. The minimum atomic E-state index is -3.92. The third kappa shape index (κ3) is 4.93. The summed E-state index contributed by atoms with van der Waals surface area (Å²) in [4.78, 5) is 14.9. The van der Waals surface area contributed by atoms with Gasteiger partial charge in [0.2, 0.25) is 5.91 Å². The van der Waals surface area contributed by atoms with E-state index in [-0.39, 0.29) is 17.3 Å². The number of amides is 1. The van der Waals surface area contributed by atoms with E-state index < -0.39 is 10.0 Å². The van der Waals surface area contributed by atoms with Crippen LogP contribution in [0.25, 0.3) is 0 Å². The monoisotopic (exact) mass is 434 g/mol. The quantitative estimate of drug-likeness (QED) is 0.700. The molecule has 0 spiro atoms. The van der Waals surface area contributed by atoms with Gasteiger partial charge < -0.3 is 4.90 Å². The van der Waals surface area contributed by atoms with Crippen LogP contribution in [0.5, 0.6) is 0 Å². The second kappa shape index (κ2) is 8.76. The van der Waals surface area contributed by atoms with E-state index in [1.54, 1.807) is 47.4 Å². The first-order chi connectivity index (χ1) is 13.7. The lowest BCUT2D eigenvalue weighted by Gasteiger charge is -2.33. The third-order valence-corrected chi connectivity index (χ3v) is 7.54. The van der Waals surface area contributed by atoms with Gasteiger partial charge in [0.05, 0.1) is 10.6 Å². The van der Waals surface area contributed by atoms with Crippen LogP contribution in [0.4, 0.5) is 5.69 Å².